The monoisotopic (exact) mass is 314 g/mol. The molecule has 0 bridgehead atoms. The molecule has 2 aromatic rings. The van der Waals surface area contributed by atoms with Gasteiger partial charge in [-0.3, -0.25) is 4.79 Å². The van der Waals surface area contributed by atoms with Crippen molar-refractivity contribution in [3.05, 3.63) is 40.5 Å². The van der Waals surface area contributed by atoms with Crippen molar-refractivity contribution in [1.82, 2.24) is 0 Å². The van der Waals surface area contributed by atoms with Crippen molar-refractivity contribution < 1.29 is 24.5 Å². The maximum atomic E-state index is 12.3. The van der Waals surface area contributed by atoms with Gasteiger partial charge in [-0.25, -0.2) is 4.79 Å². The van der Waals surface area contributed by atoms with Gasteiger partial charge in [-0.1, -0.05) is 32.9 Å². The second-order valence-electron chi connectivity index (χ2n) is 6.81. The topological polar surface area (TPSA) is 83.8 Å². The summed E-state index contributed by atoms with van der Waals surface area (Å²) in [5.74, 6) is -0.853. The van der Waals surface area contributed by atoms with Gasteiger partial charge in [0.1, 0.15) is 5.75 Å². The third-order valence-corrected chi connectivity index (χ3v) is 4.24. The minimum atomic E-state index is -1.31. The fraction of sp³-hybridized carbons (Fsp3) is 0.333. The van der Waals surface area contributed by atoms with Crippen molar-refractivity contribution in [2.75, 3.05) is 0 Å². The number of phenols is 1. The van der Waals surface area contributed by atoms with Crippen molar-refractivity contribution >= 4 is 23.0 Å². The Morgan fingerprint density at radius 2 is 1.96 bits per heavy atom. The molecule has 0 saturated carbocycles. The predicted molar refractivity (Wildman–Crippen MR) is 84.8 cm³/mol. The van der Waals surface area contributed by atoms with Gasteiger partial charge in [0.25, 0.3) is 0 Å². The lowest BCUT2D eigenvalue weighted by atomic mass is 9.83. The first-order valence-electron chi connectivity index (χ1n) is 7.40. The zero-order valence-electron chi connectivity index (χ0n) is 13.2. The van der Waals surface area contributed by atoms with Gasteiger partial charge in [-0.2, -0.15) is 0 Å². The molecular weight excluding hydrogens is 296 g/mol. The second kappa shape index (κ2) is 5.06. The summed E-state index contributed by atoms with van der Waals surface area (Å²) in [5.41, 5.74) is 1.46. The van der Waals surface area contributed by atoms with Crippen molar-refractivity contribution in [3.8, 4) is 5.75 Å². The number of hydrogen-bond donors (Lipinski definition) is 2. The molecular formula is C18H18O5. The highest BCUT2D eigenvalue weighted by atomic mass is 16.6. The lowest BCUT2D eigenvalue weighted by molar-refractivity contribution is -0.0685. The lowest BCUT2D eigenvalue weighted by Crippen LogP contribution is -2.28. The van der Waals surface area contributed by atoms with Crippen LogP contribution >= 0.6 is 0 Å². The summed E-state index contributed by atoms with van der Waals surface area (Å²) in [4.78, 5) is 23.7. The number of aliphatic hydroxyl groups excluding tert-OH is 1. The minimum absolute atomic E-state index is 0.0155. The first kappa shape index (κ1) is 15.5. The fourth-order valence-corrected chi connectivity index (χ4v) is 2.98. The number of aldehydes is 1. The van der Waals surface area contributed by atoms with Crippen LogP contribution < -0.4 is 0 Å². The molecule has 5 nitrogen and oxygen atoms in total. The van der Waals surface area contributed by atoms with Crippen LogP contribution in [-0.4, -0.2) is 28.8 Å². The van der Waals surface area contributed by atoms with Crippen LogP contribution in [0.5, 0.6) is 5.75 Å². The van der Waals surface area contributed by atoms with Gasteiger partial charge in [0.2, 0.25) is 6.29 Å². The second-order valence-corrected chi connectivity index (χ2v) is 6.81. The van der Waals surface area contributed by atoms with E-state index in [4.69, 9.17) is 4.74 Å². The summed E-state index contributed by atoms with van der Waals surface area (Å²) >= 11 is 0. The Morgan fingerprint density at radius 3 is 2.57 bits per heavy atom. The third kappa shape index (κ3) is 2.37. The highest BCUT2D eigenvalue weighted by Gasteiger charge is 2.32. The molecule has 3 rings (SSSR count). The highest BCUT2D eigenvalue weighted by molar-refractivity contribution is 6.12. The number of carbonyl (C=O) groups is 2. The highest BCUT2D eigenvalue weighted by Crippen LogP contribution is 2.39. The van der Waals surface area contributed by atoms with Gasteiger partial charge in [-0.05, 0) is 22.6 Å². The number of carbonyl (C=O) groups excluding carboxylic acids is 2. The molecule has 2 aromatic carbocycles. The van der Waals surface area contributed by atoms with Crippen LogP contribution in [0.25, 0.3) is 10.8 Å². The Labute approximate surface area is 133 Å². The Bertz CT molecular complexity index is 830. The average Bonchev–Trinajstić information content (AvgIpc) is 2.45. The maximum Gasteiger partial charge on any atom is 0.341 e. The van der Waals surface area contributed by atoms with Crippen LogP contribution in [0.3, 0.4) is 0 Å². The molecule has 120 valence electrons. The van der Waals surface area contributed by atoms with Gasteiger partial charge in [0.15, 0.2) is 6.29 Å². The third-order valence-electron chi connectivity index (χ3n) is 4.24. The summed E-state index contributed by atoms with van der Waals surface area (Å²) < 4.78 is 4.90. The molecule has 0 aliphatic carbocycles. The largest absolute Gasteiger partial charge is 0.507 e. The van der Waals surface area contributed by atoms with E-state index in [0.717, 1.165) is 5.56 Å². The normalized spacial score (nSPS) is 17.7. The SMILES string of the molecule is CC(C)(C)c1ccc2c(O)c(C=O)c3c(c2c1)C(=O)OC(O)C3. The van der Waals surface area contributed by atoms with E-state index < -0.39 is 12.3 Å². The summed E-state index contributed by atoms with van der Waals surface area (Å²) in [6.45, 7) is 6.13. The number of esters is 1. The van der Waals surface area contributed by atoms with E-state index in [1.807, 2.05) is 32.9 Å². The lowest BCUT2D eigenvalue weighted by Gasteiger charge is -2.25. The molecule has 0 aromatic heterocycles. The molecule has 0 saturated heterocycles. The molecule has 1 aliphatic rings. The standard InChI is InChI=1S/C18H18O5/c1-18(2,3)9-4-5-10-11(6-9)15-12(13(8-19)16(10)21)7-14(20)23-17(15)22/h4-6,8,14,20-21H,7H2,1-3H3. The molecule has 0 fully saturated rings. The summed E-state index contributed by atoms with van der Waals surface area (Å²) in [5, 5.41) is 21.0. The molecule has 5 heteroatoms. The van der Waals surface area contributed by atoms with E-state index >= 15 is 0 Å². The van der Waals surface area contributed by atoms with Crippen molar-refractivity contribution in [1.29, 1.82) is 0 Å². The van der Waals surface area contributed by atoms with Crippen LogP contribution in [0.15, 0.2) is 18.2 Å². The quantitative estimate of drug-likeness (QED) is 0.624. The summed E-state index contributed by atoms with van der Waals surface area (Å²) in [6, 6.07) is 5.41. The van der Waals surface area contributed by atoms with Gasteiger partial charge in [0, 0.05) is 17.2 Å². The van der Waals surface area contributed by atoms with Gasteiger partial charge >= 0.3 is 5.97 Å². The number of fused-ring (bicyclic) bond motifs is 3. The van der Waals surface area contributed by atoms with Crippen LogP contribution in [0.1, 0.15) is 52.6 Å². The summed E-state index contributed by atoms with van der Waals surface area (Å²) in [6.07, 6.45) is -0.814. The van der Waals surface area contributed by atoms with Crippen LogP contribution in [-0.2, 0) is 16.6 Å². The van der Waals surface area contributed by atoms with Crippen LogP contribution in [0.2, 0.25) is 0 Å². The number of phenolic OH excluding ortho intramolecular Hbond substituents is 1. The first-order valence-corrected chi connectivity index (χ1v) is 7.40. The smallest absolute Gasteiger partial charge is 0.341 e. The number of hydrogen-bond acceptors (Lipinski definition) is 5. The molecule has 1 atom stereocenters. The van der Waals surface area contributed by atoms with Gasteiger partial charge in [0.05, 0.1) is 11.1 Å². The van der Waals surface area contributed by atoms with Gasteiger partial charge in [-0.15, -0.1) is 0 Å². The molecule has 0 amide bonds. The molecule has 23 heavy (non-hydrogen) atoms. The van der Waals surface area contributed by atoms with E-state index in [2.05, 4.69) is 0 Å². The average molecular weight is 314 g/mol. The number of aromatic hydroxyl groups is 1. The van der Waals surface area contributed by atoms with E-state index in [-0.39, 0.29) is 28.7 Å². The number of aliphatic hydroxyl groups is 1. The fourth-order valence-electron chi connectivity index (χ4n) is 2.98. The number of ether oxygens (including phenoxy) is 1. The molecule has 0 spiro atoms. The van der Waals surface area contributed by atoms with Gasteiger partial charge < -0.3 is 14.9 Å². The van der Waals surface area contributed by atoms with E-state index in [1.54, 1.807) is 6.07 Å². The van der Waals surface area contributed by atoms with E-state index in [0.29, 0.717) is 22.6 Å². The van der Waals surface area contributed by atoms with Crippen LogP contribution in [0, 0.1) is 0 Å². The molecule has 1 aliphatic heterocycles. The zero-order valence-corrected chi connectivity index (χ0v) is 13.2. The Hall–Kier alpha value is -2.40. The Balaban J connectivity index is 2.44. The number of cyclic esters (lactones) is 1. The Morgan fingerprint density at radius 1 is 1.26 bits per heavy atom. The number of benzene rings is 2. The predicted octanol–water partition coefficient (Wildman–Crippen LogP) is 2.69. The number of rotatable bonds is 1. The molecule has 1 unspecified atom stereocenters. The first-order chi connectivity index (χ1) is 10.7. The van der Waals surface area contributed by atoms with Crippen molar-refractivity contribution in [3.63, 3.8) is 0 Å². The molecule has 1 heterocycles. The molecule has 2 N–H and O–H groups in total. The van der Waals surface area contributed by atoms with E-state index in [1.165, 1.54) is 0 Å². The maximum absolute atomic E-state index is 12.3. The van der Waals surface area contributed by atoms with Crippen molar-refractivity contribution in [2.24, 2.45) is 0 Å². The van der Waals surface area contributed by atoms with Crippen LogP contribution in [0.4, 0.5) is 0 Å². The molecule has 0 radical (unpaired) electrons. The summed E-state index contributed by atoms with van der Waals surface area (Å²) in [7, 11) is 0. The zero-order chi connectivity index (χ0) is 16.9. The Kier molecular flexibility index (Phi) is 3.41. The van der Waals surface area contributed by atoms with E-state index in [9.17, 15) is 19.8 Å². The van der Waals surface area contributed by atoms with Crippen molar-refractivity contribution in [2.45, 2.75) is 38.9 Å². The minimum Gasteiger partial charge on any atom is -0.507 e.